The van der Waals surface area contributed by atoms with E-state index in [1.807, 2.05) is 5.32 Å². The predicted octanol–water partition coefficient (Wildman–Crippen LogP) is 1.52. The zero-order chi connectivity index (χ0) is 11.0. The fraction of sp³-hybridized carbons (Fsp3) is 0. The van der Waals surface area contributed by atoms with Crippen LogP contribution in [0, 0.1) is 5.82 Å². The van der Waals surface area contributed by atoms with Crippen molar-refractivity contribution in [1.29, 1.82) is 0 Å². The van der Waals surface area contributed by atoms with E-state index >= 15 is 0 Å². The third kappa shape index (κ3) is 1.76. The third-order valence-corrected chi connectivity index (χ3v) is 2.21. The summed E-state index contributed by atoms with van der Waals surface area (Å²) in [6, 6.07) is 3.91. The van der Waals surface area contributed by atoms with Gasteiger partial charge in [0.2, 0.25) is 0 Å². The minimum atomic E-state index is -0.626. The largest absolute Gasteiger partial charge is 0.289 e. The summed E-state index contributed by atoms with van der Waals surface area (Å²) in [5.74, 6) is -1.76. The van der Waals surface area contributed by atoms with Crippen LogP contribution < -0.4 is 5.32 Å². The topological polar surface area (TPSA) is 46.2 Å². The third-order valence-electron chi connectivity index (χ3n) is 1.98. The van der Waals surface area contributed by atoms with Gasteiger partial charge in [0, 0.05) is 16.7 Å². The minimum absolute atomic E-state index is 0.0224. The van der Waals surface area contributed by atoms with E-state index in [0.29, 0.717) is 0 Å². The Morgan fingerprint density at radius 2 is 2.00 bits per heavy atom. The summed E-state index contributed by atoms with van der Waals surface area (Å²) in [5.41, 5.74) is 0.0944. The van der Waals surface area contributed by atoms with Gasteiger partial charge in [-0.15, -0.1) is 0 Å². The lowest BCUT2D eigenvalue weighted by atomic mass is 10.1. The van der Waals surface area contributed by atoms with Crippen molar-refractivity contribution in [3.05, 3.63) is 40.7 Å². The SMILES string of the molecule is O=C1C=C(c2ccc(Cl)cc2F)C(=O)N1. The molecule has 0 spiro atoms. The van der Waals surface area contributed by atoms with Gasteiger partial charge in [-0.2, -0.15) is 0 Å². The molecule has 0 aliphatic carbocycles. The highest BCUT2D eigenvalue weighted by Crippen LogP contribution is 2.23. The van der Waals surface area contributed by atoms with Crippen LogP contribution in [0.5, 0.6) is 0 Å². The van der Waals surface area contributed by atoms with Gasteiger partial charge in [0.1, 0.15) is 5.82 Å². The minimum Gasteiger partial charge on any atom is -0.289 e. The van der Waals surface area contributed by atoms with E-state index in [1.54, 1.807) is 0 Å². The lowest BCUT2D eigenvalue weighted by Crippen LogP contribution is -2.21. The quantitative estimate of drug-likeness (QED) is 0.737. The monoisotopic (exact) mass is 225 g/mol. The van der Waals surface area contributed by atoms with Gasteiger partial charge < -0.3 is 0 Å². The van der Waals surface area contributed by atoms with Gasteiger partial charge in [0.15, 0.2) is 0 Å². The molecule has 15 heavy (non-hydrogen) atoms. The van der Waals surface area contributed by atoms with Crippen molar-refractivity contribution in [2.45, 2.75) is 0 Å². The number of carbonyl (C=O) groups is 2. The van der Waals surface area contributed by atoms with Crippen LogP contribution >= 0.6 is 11.6 Å². The number of benzene rings is 1. The van der Waals surface area contributed by atoms with Gasteiger partial charge in [-0.25, -0.2) is 4.39 Å². The molecule has 0 bridgehead atoms. The lowest BCUT2D eigenvalue weighted by molar-refractivity contribution is -0.123. The van der Waals surface area contributed by atoms with E-state index < -0.39 is 17.6 Å². The molecule has 1 aromatic rings. The molecule has 0 saturated carbocycles. The summed E-state index contributed by atoms with van der Waals surface area (Å²) in [6.45, 7) is 0. The van der Waals surface area contributed by atoms with Crippen molar-refractivity contribution in [2.75, 3.05) is 0 Å². The first-order valence-electron chi connectivity index (χ1n) is 4.10. The van der Waals surface area contributed by atoms with Gasteiger partial charge in [-0.05, 0) is 18.2 Å². The van der Waals surface area contributed by atoms with Gasteiger partial charge in [-0.1, -0.05) is 11.6 Å². The van der Waals surface area contributed by atoms with Gasteiger partial charge in [-0.3, -0.25) is 14.9 Å². The lowest BCUT2D eigenvalue weighted by Gasteiger charge is -2.02. The molecule has 0 saturated heterocycles. The number of halogens is 2. The predicted molar refractivity (Wildman–Crippen MR) is 52.5 cm³/mol. The molecule has 2 rings (SSSR count). The van der Waals surface area contributed by atoms with E-state index in [4.69, 9.17) is 11.6 Å². The first-order chi connectivity index (χ1) is 7.08. The number of amides is 2. The number of carbonyl (C=O) groups excluding carboxylic acids is 2. The Hall–Kier alpha value is -1.68. The van der Waals surface area contributed by atoms with Crippen LogP contribution in [0.25, 0.3) is 5.57 Å². The highest BCUT2D eigenvalue weighted by Gasteiger charge is 2.24. The molecule has 1 aliphatic rings. The van der Waals surface area contributed by atoms with Crippen LogP contribution in [0.3, 0.4) is 0 Å². The smallest absolute Gasteiger partial charge is 0.259 e. The fourth-order valence-corrected chi connectivity index (χ4v) is 1.48. The number of rotatable bonds is 1. The van der Waals surface area contributed by atoms with E-state index in [2.05, 4.69) is 0 Å². The second kappa shape index (κ2) is 3.47. The van der Waals surface area contributed by atoms with Crippen LogP contribution in [-0.4, -0.2) is 11.8 Å². The molecule has 1 aromatic carbocycles. The maximum Gasteiger partial charge on any atom is 0.259 e. The van der Waals surface area contributed by atoms with Crippen molar-refractivity contribution in [1.82, 2.24) is 5.32 Å². The van der Waals surface area contributed by atoms with Crippen molar-refractivity contribution in [3.8, 4) is 0 Å². The van der Waals surface area contributed by atoms with E-state index in [1.165, 1.54) is 12.1 Å². The number of nitrogens with one attached hydrogen (secondary N) is 1. The average molecular weight is 226 g/mol. The van der Waals surface area contributed by atoms with Gasteiger partial charge >= 0.3 is 0 Å². The Kier molecular flexibility index (Phi) is 2.28. The van der Waals surface area contributed by atoms with E-state index in [0.717, 1.165) is 12.1 Å². The molecule has 3 nitrogen and oxygen atoms in total. The molecule has 0 aromatic heterocycles. The maximum absolute atomic E-state index is 13.4. The van der Waals surface area contributed by atoms with Crippen molar-refractivity contribution >= 4 is 29.0 Å². The van der Waals surface area contributed by atoms with Crippen LogP contribution in [0.1, 0.15) is 5.56 Å². The number of hydrogen-bond acceptors (Lipinski definition) is 2. The second-order valence-electron chi connectivity index (χ2n) is 3.00. The summed E-state index contributed by atoms with van der Waals surface area (Å²) >= 11 is 5.56. The Bertz CT molecular complexity index is 496. The molecule has 2 amide bonds. The summed E-state index contributed by atoms with van der Waals surface area (Å²) < 4.78 is 13.4. The van der Waals surface area contributed by atoms with Gasteiger partial charge in [0.25, 0.3) is 11.8 Å². The molecule has 0 radical (unpaired) electrons. The molecule has 0 unspecified atom stereocenters. The van der Waals surface area contributed by atoms with Crippen LogP contribution in [0.2, 0.25) is 5.02 Å². The molecule has 1 N–H and O–H groups in total. The Morgan fingerprint density at radius 3 is 2.53 bits per heavy atom. The Labute approximate surface area is 89.5 Å². The van der Waals surface area contributed by atoms with E-state index in [9.17, 15) is 14.0 Å². The molecule has 0 fully saturated rings. The highest BCUT2D eigenvalue weighted by atomic mass is 35.5. The summed E-state index contributed by atoms with van der Waals surface area (Å²) in [4.78, 5) is 22.1. The summed E-state index contributed by atoms with van der Waals surface area (Å²) in [6.07, 6.45) is 1.06. The van der Waals surface area contributed by atoms with E-state index in [-0.39, 0.29) is 16.2 Å². The molecule has 0 atom stereocenters. The zero-order valence-corrected chi connectivity index (χ0v) is 8.14. The standard InChI is InChI=1S/C10H5ClFNO2/c11-5-1-2-6(8(12)3-5)7-4-9(14)13-10(7)15/h1-4H,(H,13,14,15). The van der Waals surface area contributed by atoms with Crippen molar-refractivity contribution in [3.63, 3.8) is 0 Å². The second-order valence-corrected chi connectivity index (χ2v) is 3.44. The normalized spacial score (nSPS) is 15.2. The summed E-state index contributed by atoms with van der Waals surface area (Å²) in [5, 5.41) is 2.27. The van der Waals surface area contributed by atoms with Crippen molar-refractivity contribution in [2.24, 2.45) is 0 Å². The molecule has 5 heteroatoms. The Morgan fingerprint density at radius 1 is 1.27 bits per heavy atom. The average Bonchev–Trinajstić information content (AvgIpc) is 2.45. The molecular formula is C10H5ClFNO2. The molecule has 1 heterocycles. The first kappa shape index (κ1) is 9.86. The number of hydrogen-bond donors (Lipinski definition) is 1. The van der Waals surface area contributed by atoms with Crippen molar-refractivity contribution < 1.29 is 14.0 Å². The van der Waals surface area contributed by atoms with Crippen LogP contribution in [0.15, 0.2) is 24.3 Å². The van der Waals surface area contributed by atoms with Crippen LogP contribution in [-0.2, 0) is 9.59 Å². The number of imide groups is 1. The van der Waals surface area contributed by atoms with Crippen LogP contribution in [0.4, 0.5) is 4.39 Å². The first-order valence-corrected chi connectivity index (χ1v) is 4.48. The molecule has 1 aliphatic heterocycles. The Balaban J connectivity index is 2.51. The maximum atomic E-state index is 13.4. The zero-order valence-electron chi connectivity index (χ0n) is 7.38. The fourth-order valence-electron chi connectivity index (χ4n) is 1.32. The van der Waals surface area contributed by atoms with Gasteiger partial charge in [0.05, 0.1) is 5.57 Å². The molecular weight excluding hydrogens is 221 g/mol. The molecule has 76 valence electrons. The highest BCUT2D eigenvalue weighted by molar-refractivity contribution is 6.34. The summed E-state index contributed by atoms with van der Waals surface area (Å²) in [7, 11) is 0.